The Kier molecular flexibility index (Phi) is 3.57. The Labute approximate surface area is 123 Å². The van der Waals surface area contributed by atoms with E-state index in [0.717, 1.165) is 28.2 Å². The summed E-state index contributed by atoms with van der Waals surface area (Å²) in [5.41, 5.74) is 4.42. The molecule has 0 radical (unpaired) electrons. The van der Waals surface area contributed by atoms with Gasteiger partial charge >= 0.3 is 0 Å². The molecule has 100 valence electrons. The van der Waals surface area contributed by atoms with Crippen molar-refractivity contribution in [3.8, 4) is 0 Å². The Balaban J connectivity index is 1.91. The molecular formula is C17H15ClN2. The zero-order valence-electron chi connectivity index (χ0n) is 11.2. The molecule has 20 heavy (non-hydrogen) atoms. The zero-order chi connectivity index (χ0) is 13.9. The number of rotatable bonds is 3. The second-order valence-corrected chi connectivity index (χ2v) is 5.31. The maximum atomic E-state index is 6.16. The molecule has 0 aliphatic heterocycles. The molecule has 1 N–H and O–H groups in total. The van der Waals surface area contributed by atoms with Crippen molar-refractivity contribution in [2.75, 3.05) is 5.32 Å². The SMILES string of the molecule is Cc1cccc(CNc2cc(Cl)cc3cccnc23)c1. The highest BCUT2D eigenvalue weighted by molar-refractivity contribution is 6.31. The number of nitrogens with one attached hydrogen (secondary N) is 1. The second-order valence-electron chi connectivity index (χ2n) is 4.87. The Bertz CT molecular complexity index is 753. The van der Waals surface area contributed by atoms with Crippen LogP contribution in [0.15, 0.2) is 54.7 Å². The summed E-state index contributed by atoms with van der Waals surface area (Å²) in [6.45, 7) is 2.85. The highest BCUT2D eigenvalue weighted by Crippen LogP contribution is 2.26. The lowest BCUT2D eigenvalue weighted by Gasteiger charge is -2.10. The van der Waals surface area contributed by atoms with Crippen molar-refractivity contribution in [3.63, 3.8) is 0 Å². The fourth-order valence-electron chi connectivity index (χ4n) is 2.31. The molecule has 3 aromatic rings. The van der Waals surface area contributed by atoms with Gasteiger partial charge in [-0.1, -0.05) is 47.5 Å². The Morgan fingerprint density at radius 3 is 2.85 bits per heavy atom. The van der Waals surface area contributed by atoms with E-state index in [1.165, 1.54) is 11.1 Å². The van der Waals surface area contributed by atoms with Crippen LogP contribution in [-0.2, 0) is 6.54 Å². The van der Waals surface area contributed by atoms with Gasteiger partial charge in [0.15, 0.2) is 0 Å². The number of halogens is 1. The van der Waals surface area contributed by atoms with Gasteiger partial charge in [-0.2, -0.15) is 0 Å². The first kappa shape index (κ1) is 12.9. The highest BCUT2D eigenvalue weighted by atomic mass is 35.5. The maximum absolute atomic E-state index is 6.16. The standard InChI is InChI=1S/C17H15ClN2/c1-12-4-2-5-13(8-12)11-20-16-10-15(18)9-14-6-3-7-19-17(14)16/h2-10,20H,11H2,1H3. The summed E-state index contributed by atoms with van der Waals surface area (Å²) in [4.78, 5) is 4.43. The monoisotopic (exact) mass is 282 g/mol. The average molecular weight is 283 g/mol. The smallest absolute Gasteiger partial charge is 0.0934 e. The fraction of sp³-hybridized carbons (Fsp3) is 0.118. The summed E-state index contributed by atoms with van der Waals surface area (Å²) in [6.07, 6.45) is 1.80. The largest absolute Gasteiger partial charge is 0.379 e. The molecule has 0 atom stereocenters. The number of hydrogen-bond donors (Lipinski definition) is 1. The topological polar surface area (TPSA) is 24.9 Å². The van der Waals surface area contributed by atoms with Crippen molar-refractivity contribution in [2.24, 2.45) is 0 Å². The molecule has 3 rings (SSSR count). The molecule has 0 aliphatic carbocycles. The lowest BCUT2D eigenvalue weighted by atomic mass is 10.1. The van der Waals surface area contributed by atoms with E-state index in [4.69, 9.17) is 11.6 Å². The van der Waals surface area contributed by atoms with Crippen molar-refractivity contribution in [3.05, 3.63) is 70.9 Å². The fourth-order valence-corrected chi connectivity index (χ4v) is 2.54. The molecule has 0 unspecified atom stereocenters. The maximum Gasteiger partial charge on any atom is 0.0934 e. The minimum Gasteiger partial charge on any atom is -0.379 e. The van der Waals surface area contributed by atoms with Crippen LogP contribution in [0.25, 0.3) is 10.9 Å². The van der Waals surface area contributed by atoms with E-state index in [0.29, 0.717) is 0 Å². The number of anilines is 1. The quantitative estimate of drug-likeness (QED) is 0.746. The molecule has 2 nitrogen and oxygen atoms in total. The van der Waals surface area contributed by atoms with Gasteiger partial charge in [0, 0.05) is 23.2 Å². The van der Waals surface area contributed by atoms with Crippen molar-refractivity contribution in [1.82, 2.24) is 4.98 Å². The number of fused-ring (bicyclic) bond motifs is 1. The van der Waals surface area contributed by atoms with Crippen LogP contribution in [0.5, 0.6) is 0 Å². The molecule has 0 saturated heterocycles. The normalized spacial score (nSPS) is 10.7. The zero-order valence-corrected chi connectivity index (χ0v) is 12.0. The third kappa shape index (κ3) is 2.75. The molecule has 0 saturated carbocycles. The number of aromatic nitrogens is 1. The van der Waals surface area contributed by atoms with Crippen molar-refractivity contribution in [2.45, 2.75) is 13.5 Å². The lowest BCUT2D eigenvalue weighted by Crippen LogP contribution is -2.01. The molecule has 2 aromatic carbocycles. The third-order valence-corrected chi connectivity index (χ3v) is 3.45. The number of aryl methyl sites for hydroxylation is 1. The van der Waals surface area contributed by atoms with Gasteiger partial charge in [-0.05, 0) is 30.7 Å². The van der Waals surface area contributed by atoms with Crippen LogP contribution in [0.4, 0.5) is 5.69 Å². The van der Waals surface area contributed by atoms with Gasteiger partial charge in [0.1, 0.15) is 0 Å². The lowest BCUT2D eigenvalue weighted by molar-refractivity contribution is 1.14. The molecular weight excluding hydrogens is 268 g/mol. The minimum atomic E-state index is 0.720. The van der Waals surface area contributed by atoms with Crippen LogP contribution in [0, 0.1) is 6.92 Å². The van der Waals surface area contributed by atoms with E-state index in [-0.39, 0.29) is 0 Å². The Morgan fingerprint density at radius 1 is 1.10 bits per heavy atom. The van der Waals surface area contributed by atoms with Crippen LogP contribution >= 0.6 is 11.6 Å². The Morgan fingerprint density at radius 2 is 2.00 bits per heavy atom. The summed E-state index contributed by atoms with van der Waals surface area (Å²) in [5, 5.41) is 5.19. The van der Waals surface area contributed by atoms with Crippen LogP contribution in [0.1, 0.15) is 11.1 Å². The van der Waals surface area contributed by atoms with E-state index >= 15 is 0 Å². The van der Waals surface area contributed by atoms with Crippen LogP contribution in [0.3, 0.4) is 0 Å². The van der Waals surface area contributed by atoms with Crippen molar-refractivity contribution in [1.29, 1.82) is 0 Å². The summed E-state index contributed by atoms with van der Waals surface area (Å²) >= 11 is 6.16. The van der Waals surface area contributed by atoms with E-state index in [9.17, 15) is 0 Å². The van der Waals surface area contributed by atoms with Gasteiger partial charge in [-0.15, -0.1) is 0 Å². The predicted molar refractivity (Wildman–Crippen MR) is 85.3 cm³/mol. The summed E-state index contributed by atoms with van der Waals surface area (Å²) < 4.78 is 0. The number of benzene rings is 2. The van der Waals surface area contributed by atoms with Crippen molar-refractivity contribution < 1.29 is 0 Å². The first-order chi connectivity index (χ1) is 9.72. The number of pyridine rings is 1. The van der Waals surface area contributed by atoms with E-state index < -0.39 is 0 Å². The van der Waals surface area contributed by atoms with Crippen LogP contribution in [0.2, 0.25) is 5.02 Å². The van der Waals surface area contributed by atoms with Crippen LogP contribution < -0.4 is 5.32 Å². The number of hydrogen-bond acceptors (Lipinski definition) is 2. The number of nitrogens with zero attached hydrogens (tertiary/aromatic N) is 1. The van der Waals surface area contributed by atoms with E-state index in [1.807, 2.05) is 24.3 Å². The van der Waals surface area contributed by atoms with E-state index in [1.54, 1.807) is 6.20 Å². The molecule has 0 amide bonds. The molecule has 1 aromatic heterocycles. The van der Waals surface area contributed by atoms with Gasteiger partial charge in [0.2, 0.25) is 0 Å². The second kappa shape index (κ2) is 5.51. The average Bonchev–Trinajstić information content (AvgIpc) is 2.44. The van der Waals surface area contributed by atoms with Gasteiger partial charge in [0.25, 0.3) is 0 Å². The van der Waals surface area contributed by atoms with Gasteiger partial charge in [-0.3, -0.25) is 4.98 Å². The molecule has 0 spiro atoms. The van der Waals surface area contributed by atoms with Gasteiger partial charge in [0.05, 0.1) is 11.2 Å². The molecule has 0 bridgehead atoms. The molecule has 0 fully saturated rings. The van der Waals surface area contributed by atoms with Gasteiger partial charge < -0.3 is 5.32 Å². The van der Waals surface area contributed by atoms with Crippen LogP contribution in [-0.4, -0.2) is 4.98 Å². The van der Waals surface area contributed by atoms with Crippen molar-refractivity contribution >= 4 is 28.2 Å². The Hall–Kier alpha value is -2.06. The predicted octanol–water partition coefficient (Wildman–Crippen LogP) is 4.81. The summed E-state index contributed by atoms with van der Waals surface area (Å²) in [7, 11) is 0. The molecule has 3 heteroatoms. The summed E-state index contributed by atoms with van der Waals surface area (Å²) in [5.74, 6) is 0. The summed E-state index contributed by atoms with van der Waals surface area (Å²) in [6, 6.07) is 16.2. The van der Waals surface area contributed by atoms with Gasteiger partial charge in [-0.25, -0.2) is 0 Å². The molecule has 0 aliphatic rings. The first-order valence-electron chi connectivity index (χ1n) is 6.56. The highest BCUT2D eigenvalue weighted by Gasteiger charge is 2.04. The first-order valence-corrected chi connectivity index (χ1v) is 6.94. The minimum absolute atomic E-state index is 0.720. The van der Waals surface area contributed by atoms with E-state index in [2.05, 4.69) is 41.5 Å². The third-order valence-electron chi connectivity index (χ3n) is 3.24. The molecule has 1 heterocycles.